The fourth-order valence-corrected chi connectivity index (χ4v) is 14.2. The summed E-state index contributed by atoms with van der Waals surface area (Å²) in [5, 5.41) is 18.6. The molecule has 31 nitrogen and oxygen atoms in total. The van der Waals surface area contributed by atoms with Crippen LogP contribution in [0.2, 0.25) is 0 Å². The Hall–Kier alpha value is -6.83. The van der Waals surface area contributed by atoms with Crippen LogP contribution in [0.4, 0.5) is 0 Å². The zero-order chi connectivity index (χ0) is 106. The largest absolute Gasteiger partial charge is 0.481 e. The molecule has 138 heavy (non-hydrogen) atoms. The van der Waals surface area contributed by atoms with Gasteiger partial charge in [0.05, 0.1) is 144 Å². The molecule has 0 saturated heterocycles. The molecule has 0 fully saturated rings. The predicted molar refractivity (Wildman–Crippen MR) is 548 cm³/mol. The number of ether oxygens (including phenoxy) is 10. The van der Waals surface area contributed by atoms with Crippen LogP contribution in [-0.2, 0) is 138 Å². The van der Waals surface area contributed by atoms with Gasteiger partial charge in [-0.2, -0.15) is 0 Å². The predicted octanol–water partition coefficient (Wildman–Crippen LogP) is 23.1. The minimum absolute atomic E-state index is 0. The number of Topliss-reactive ketones (excluding diaryl/α,β-unsaturated/α-hetero) is 2. The van der Waals surface area contributed by atoms with Crippen LogP contribution in [0.5, 0.6) is 0 Å². The summed E-state index contributed by atoms with van der Waals surface area (Å²) >= 11 is 0. The minimum atomic E-state index is -0.943. The van der Waals surface area contributed by atoms with E-state index in [9.17, 15) is 81.8 Å². The van der Waals surface area contributed by atoms with Crippen LogP contribution >= 0.6 is 28.4 Å². The van der Waals surface area contributed by atoms with Crippen molar-refractivity contribution in [3.63, 3.8) is 0 Å². The second-order valence-electron chi connectivity index (χ2n) is 39.0. The van der Waals surface area contributed by atoms with E-state index in [1.165, 1.54) is 0 Å². The third-order valence-electron chi connectivity index (χ3n) is 22.8. The first-order chi connectivity index (χ1) is 63.4. The van der Waals surface area contributed by atoms with Crippen molar-refractivity contribution >= 4 is 124 Å². The summed E-state index contributed by atoms with van der Waals surface area (Å²) in [7, 11) is 5.57. The van der Waals surface area contributed by atoms with Crippen LogP contribution < -0.4 is 0 Å². The van der Waals surface area contributed by atoms with Crippen LogP contribution in [0.25, 0.3) is 0 Å². The Kier molecular flexibility index (Phi) is 89.9. The Balaban J connectivity index is -0.000000246. The quantitative estimate of drug-likeness (QED) is 0.0188. The maximum absolute atomic E-state index is 12.0. The lowest BCUT2D eigenvalue weighted by atomic mass is 9.86. The molecule has 0 heterocycles. The van der Waals surface area contributed by atoms with Crippen molar-refractivity contribution in [2.24, 2.45) is 55.2 Å². The molecular weight excluding hydrogens is 1840 g/mol. The average molecular weight is 2030 g/mol. The number of esters is 10. The molecule has 0 rings (SSSR count). The zero-order valence-corrected chi connectivity index (χ0v) is 92.3. The molecule has 0 spiro atoms. The van der Waals surface area contributed by atoms with Gasteiger partial charge >= 0.3 is 83.6 Å². The molecule has 0 amide bonds. The zero-order valence-electron chi connectivity index (χ0n) is 88.8. The van der Waals surface area contributed by atoms with Gasteiger partial charge in [-0.1, -0.05) is 130 Å². The number of aliphatic hydroxyl groups excluding tert-OH is 1. The van der Waals surface area contributed by atoms with Crippen molar-refractivity contribution in [3.05, 3.63) is 0 Å². The maximum Gasteiger partial charge on any atom is 0.322 e. The summed E-state index contributed by atoms with van der Waals surface area (Å²) < 4.78 is 63.6. The molecule has 3 unspecified atom stereocenters. The highest BCUT2D eigenvalue weighted by Gasteiger charge is 2.37. The molecule has 34 heteroatoms. The fourth-order valence-electron chi connectivity index (χ4n) is 13.6. The Morgan fingerprint density at radius 3 is 0.645 bits per heavy atom. The van der Waals surface area contributed by atoms with Crippen LogP contribution in [0.15, 0.2) is 0 Å². The minimum Gasteiger partial charge on any atom is -0.481 e. The summed E-state index contributed by atoms with van der Waals surface area (Å²) in [5.74, 6) is -6.62. The molecule has 0 aliphatic heterocycles. The summed E-state index contributed by atoms with van der Waals surface area (Å²) in [5.41, 5.74) is -3.85. The van der Waals surface area contributed by atoms with Gasteiger partial charge in [-0.25, -0.2) is 0 Å². The van der Waals surface area contributed by atoms with Gasteiger partial charge in [0.25, 0.3) is 0 Å². The number of aliphatic hydroxyl groups is 1. The fraction of sp³-hybridized carbons (Fsp3) is 0.846. The molecule has 0 bridgehead atoms. The molecule has 0 aromatic heterocycles. The van der Waals surface area contributed by atoms with E-state index >= 15 is 0 Å². The number of ketones is 2. The molecular formula is C104H195O31P3. The van der Waals surface area contributed by atoms with Crippen molar-refractivity contribution < 1.29 is 148 Å². The van der Waals surface area contributed by atoms with Gasteiger partial charge < -0.3 is 71.2 Å². The number of hydrogen-bond donors (Lipinski definition) is 2. The number of carbonyl (C=O) groups excluding carboxylic acids is 15. The summed E-state index contributed by atoms with van der Waals surface area (Å²) in [4.78, 5) is 185. The van der Waals surface area contributed by atoms with Crippen molar-refractivity contribution in [2.75, 3.05) is 66.1 Å². The molecule has 0 saturated carbocycles. The lowest BCUT2D eigenvalue weighted by Crippen LogP contribution is -2.29. The van der Waals surface area contributed by atoms with E-state index < -0.39 is 91.0 Å². The first-order valence-corrected chi connectivity index (χ1v) is 51.2. The molecule has 0 aliphatic carbocycles. The van der Waals surface area contributed by atoms with E-state index in [0.29, 0.717) is 136 Å². The van der Waals surface area contributed by atoms with E-state index in [2.05, 4.69) is 13.6 Å². The summed E-state index contributed by atoms with van der Waals surface area (Å²) in [6, 6.07) is 0. The number of aliphatic carboxylic acids is 1. The Labute approximate surface area is 839 Å². The highest BCUT2D eigenvalue weighted by Crippen LogP contribution is 2.34. The van der Waals surface area contributed by atoms with Crippen LogP contribution in [-0.4, -0.2) is 178 Å². The van der Waals surface area contributed by atoms with Crippen LogP contribution in [0.1, 0.15) is 445 Å². The van der Waals surface area contributed by atoms with Crippen molar-refractivity contribution in [1.29, 1.82) is 0 Å². The summed E-state index contributed by atoms with van der Waals surface area (Å²) in [6.07, 6.45) is 28.6. The molecule has 2 N–H and O–H groups in total. The monoisotopic (exact) mass is 2030 g/mol. The van der Waals surface area contributed by atoms with Gasteiger partial charge in [0.15, 0.2) is 11.8 Å². The Morgan fingerprint density at radius 2 is 0.428 bits per heavy atom. The van der Waals surface area contributed by atoms with E-state index in [1.807, 2.05) is 153 Å². The third-order valence-corrected chi connectivity index (χ3v) is 23.5. The number of carboxylic acid groups (broad SMARTS) is 1. The highest BCUT2D eigenvalue weighted by molar-refractivity contribution is 7.11. The van der Waals surface area contributed by atoms with Crippen LogP contribution in [0, 0.1) is 55.2 Å². The van der Waals surface area contributed by atoms with Crippen molar-refractivity contribution in [2.45, 2.75) is 451 Å². The molecule has 812 valence electrons. The SMILES string of the molecule is C.C.CC(C)(CCCCC(C(=O)OP)C(=O)OP)C(=O)OP.CCOC(=O)C(C)(C)CCCCCC(=O)CCCCCC(C)(C)C(=O)OCC.CCOC(=O)C(C)(C)CCCCCC(=O)O.CCOC(=O)C(C)(C)CCCCCC(O)CCCCCC(C)(C)C(=O)OCC.CCOC(=O)C(CCCCC(C)(C)C(=O)OCC)C(=O)OCC.CCOC(=O)CC(=O)CCCCCC(C)(C)C(=O)OCC. The Morgan fingerprint density at radius 1 is 0.232 bits per heavy atom. The first-order valence-electron chi connectivity index (χ1n) is 49.8. The van der Waals surface area contributed by atoms with Gasteiger partial charge in [0.2, 0.25) is 0 Å². The molecule has 0 radical (unpaired) electrons. The standard InChI is InChI=1S/C23H44O5.C23H42O5.C17H30O6.C16H28O5.C12H22O4.C11H21O6P3.2CH4/c2*1-7-27-20(25)22(3,4)17-13-9-11-15-19(24)16-12-10-14-18-23(5,6)21(26)28-8-2;1-6-21-14(18)13(15(19)22-7-2)11-9-10-12-17(4,5)16(20)23-8-3;1-5-20-14(18)12-13(17)10-8-7-9-11-16(3,4)15(19)21-6-2;1-4-16-11(15)12(2,3)9-7-5-6-8-10(13)14;1-11(2,10(14)17-20)6-4-3-5-7(8(12)15-18)9(13)16-19;;/h19,24H,7-18H2,1-6H3;7-18H2,1-6H3;13H,6-12H2,1-5H3;5-12H2,1-4H3;4-9H2,1-3H3,(H,13,14);7H,3-6,18-20H2,1-2H3;2*1H4. The van der Waals surface area contributed by atoms with Gasteiger partial charge in [0, 0.05) is 25.7 Å². The molecule has 3 atom stereocenters. The van der Waals surface area contributed by atoms with Crippen LogP contribution in [0.3, 0.4) is 0 Å². The summed E-state index contributed by atoms with van der Waals surface area (Å²) in [6.45, 7) is 51.5. The Bertz CT molecular complexity index is 3250. The van der Waals surface area contributed by atoms with Crippen molar-refractivity contribution in [1.82, 2.24) is 0 Å². The topological polar surface area (TPSA) is 434 Å². The number of carbonyl (C=O) groups is 16. The normalized spacial score (nSPS) is 11.4. The van der Waals surface area contributed by atoms with E-state index in [0.717, 1.165) is 161 Å². The number of hydrogen-bond acceptors (Lipinski definition) is 30. The number of unbranched alkanes of at least 4 members (excludes halogenated alkanes) is 14. The molecule has 0 aliphatic rings. The smallest absolute Gasteiger partial charge is 0.322 e. The lowest BCUT2D eigenvalue weighted by molar-refractivity contribution is -0.163. The van der Waals surface area contributed by atoms with E-state index in [1.54, 1.807) is 55.4 Å². The third kappa shape index (κ3) is 75.9. The average Bonchev–Trinajstić information content (AvgIpc) is 1.38. The molecule has 0 aromatic carbocycles. The first kappa shape index (κ1) is 147. The second-order valence-corrected chi connectivity index (χ2v) is 39.7. The number of rotatable bonds is 70. The lowest BCUT2D eigenvalue weighted by Gasteiger charge is -2.22. The number of carboxylic acids is 1. The molecule has 0 aromatic rings. The maximum atomic E-state index is 12.0. The van der Waals surface area contributed by atoms with E-state index in [4.69, 9.17) is 52.5 Å². The van der Waals surface area contributed by atoms with Gasteiger partial charge in [-0.15, -0.1) is 0 Å². The highest BCUT2D eigenvalue weighted by atomic mass is 31.0. The van der Waals surface area contributed by atoms with Gasteiger partial charge in [0.1, 0.15) is 18.0 Å². The van der Waals surface area contributed by atoms with Gasteiger partial charge in [-0.3, -0.25) is 76.7 Å². The van der Waals surface area contributed by atoms with Gasteiger partial charge in [-0.05, 0) is 283 Å². The van der Waals surface area contributed by atoms with E-state index in [-0.39, 0.29) is 101 Å². The van der Waals surface area contributed by atoms with Crippen molar-refractivity contribution in [3.8, 4) is 0 Å². The second kappa shape index (κ2) is 84.7.